The molecule has 1 aromatic carbocycles. The molecule has 0 bridgehead atoms. The quantitative estimate of drug-likeness (QED) is 0.673. The molecule has 24 heavy (non-hydrogen) atoms. The smallest absolute Gasteiger partial charge is 0.329 e. The zero-order valence-corrected chi connectivity index (χ0v) is 13.3. The van der Waals surface area contributed by atoms with E-state index >= 15 is 0 Å². The molecule has 0 aliphatic carbocycles. The highest BCUT2D eigenvalue weighted by Gasteiger charge is 2.07. The van der Waals surface area contributed by atoms with E-state index in [-0.39, 0.29) is 37.6 Å². The van der Waals surface area contributed by atoms with E-state index in [0.29, 0.717) is 10.9 Å². The molecular formula is C16H19N3O5. The number of aromatic nitrogens is 2. The van der Waals surface area contributed by atoms with Gasteiger partial charge < -0.3 is 15.2 Å². The minimum absolute atomic E-state index is 0.120. The molecule has 0 fully saturated rings. The molecule has 0 aliphatic heterocycles. The number of aryl methyl sites for hydroxylation is 2. The summed E-state index contributed by atoms with van der Waals surface area (Å²) < 4.78 is 6.21. The number of hydrogen-bond acceptors (Lipinski definition) is 5. The number of nitrogens with zero attached hydrogens (tertiary/aromatic N) is 2. The number of benzene rings is 1. The van der Waals surface area contributed by atoms with Crippen LogP contribution in [0.4, 0.5) is 0 Å². The van der Waals surface area contributed by atoms with Gasteiger partial charge in [-0.25, -0.2) is 9.78 Å². The van der Waals surface area contributed by atoms with E-state index in [9.17, 15) is 14.4 Å². The lowest BCUT2D eigenvalue weighted by Crippen LogP contribution is -2.30. The normalized spacial score (nSPS) is 10.7. The number of carboxylic acids is 1. The molecule has 2 rings (SSSR count). The predicted octanol–water partition coefficient (Wildman–Crippen LogP) is 0.312. The molecule has 1 heterocycles. The van der Waals surface area contributed by atoms with Gasteiger partial charge in [0, 0.05) is 19.5 Å². The van der Waals surface area contributed by atoms with Gasteiger partial charge in [0.05, 0.1) is 23.8 Å². The molecule has 128 valence electrons. The monoisotopic (exact) mass is 333 g/mol. The van der Waals surface area contributed by atoms with Gasteiger partial charge in [-0.15, -0.1) is 0 Å². The molecule has 1 aromatic heterocycles. The first-order chi connectivity index (χ1) is 11.5. The van der Waals surface area contributed by atoms with Gasteiger partial charge >= 0.3 is 5.97 Å². The van der Waals surface area contributed by atoms with Gasteiger partial charge in [0.15, 0.2) is 0 Å². The van der Waals surface area contributed by atoms with Crippen molar-refractivity contribution < 1.29 is 19.4 Å². The first kappa shape index (κ1) is 17.6. The Morgan fingerprint density at radius 2 is 2.17 bits per heavy atom. The van der Waals surface area contributed by atoms with Crippen LogP contribution in [0.25, 0.3) is 10.9 Å². The van der Waals surface area contributed by atoms with E-state index in [2.05, 4.69) is 10.3 Å². The second-order valence-corrected chi connectivity index (χ2v) is 5.26. The molecule has 8 nitrogen and oxygen atoms in total. The van der Waals surface area contributed by atoms with E-state index in [0.717, 1.165) is 5.56 Å². The first-order valence-corrected chi connectivity index (χ1v) is 7.50. The van der Waals surface area contributed by atoms with Crippen molar-refractivity contribution in [1.29, 1.82) is 0 Å². The van der Waals surface area contributed by atoms with Gasteiger partial charge in [-0.3, -0.25) is 14.2 Å². The Morgan fingerprint density at radius 1 is 1.38 bits per heavy atom. The summed E-state index contributed by atoms with van der Waals surface area (Å²) in [6.07, 6.45) is 1.57. The number of carbonyl (C=O) groups is 2. The number of para-hydroxylation sites is 1. The van der Waals surface area contributed by atoms with Crippen LogP contribution in [0.1, 0.15) is 12.0 Å². The number of carboxylic acid groups (broad SMARTS) is 1. The number of amides is 1. The molecule has 0 spiro atoms. The molecule has 0 atom stereocenters. The zero-order valence-electron chi connectivity index (χ0n) is 13.3. The van der Waals surface area contributed by atoms with Crippen molar-refractivity contribution in [2.24, 2.45) is 0 Å². The Hall–Kier alpha value is -2.74. The number of hydrogen-bond donors (Lipinski definition) is 2. The van der Waals surface area contributed by atoms with Crippen molar-refractivity contribution in [2.75, 3.05) is 19.8 Å². The predicted molar refractivity (Wildman–Crippen MR) is 86.8 cm³/mol. The van der Waals surface area contributed by atoms with Crippen molar-refractivity contribution in [3.63, 3.8) is 0 Å². The lowest BCUT2D eigenvalue weighted by atomic mass is 10.1. The van der Waals surface area contributed by atoms with Gasteiger partial charge in [0.1, 0.15) is 6.61 Å². The lowest BCUT2D eigenvalue weighted by Gasteiger charge is -2.08. The second kappa shape index (κ2) is 8.21. The summed E-state index contributed by atoms with van der Waals surface area (Å²) in [6, 6.07) is 5.40. The van der Waals surface area contributed by atoms with Crippen molar-refractivity contribution in [2.45, 2.75) is 19.9 Å². The highest BCUT2D eigenvalue weighted by molar-refractivity contribution is 5.80. The summed E-state index contributed by atoms with van der Waals surface area (Å²) in [4.78, 5) is 38.6. The van der Waals surface area contributed by atoms with Gasteiger partial charge in [-0.05, 0) is 18.6 Å². The lowest BCUT2D eigenvalue weighted by molar-refractivity contribution is -0.142. The van der Waals surface area contributed by atoms with Crippen LogP contribution in [0.2, 0.25) is 0 Å². The molecule has 0 saturated carbocycles. The highest BCUT2D eigenvalue weighted by atomic mass is 16.5. The van der Waals surface area contributed by atoms with Crippen LogP contribution in [0.3, 0.4) is 0 Å². The maximum atomic E-state index is 12.4. The van der Waals surface area contributed by atoms with E-state index in [4.69, 9.17) is 9.84 Å². The molecule has 2 N–H and O–H groups in total. The molecular weight excluding hydrogens is 314 g/mol. The van der Waals surface area contributed by atoms with Gasteiger partial charge in [0.25, 0.3) is 5.56 Å². The summed E-state index contributed by atoms with van der Waals surface area (Å²) in [7, 11) is 0. The highest BCUT2D eigenvalue weighted by Crippen LogP contribution is 2.11. The third-order valence-corrected chi connectivity index (χ3v) is 3.43. The number of carbonyl (C=O) groups excluding carboxylic acids is 1. The van der Waals surface area contributed by atoms with Crippen LogP contribution in [0.15, 0.2) is 29.3 Å². The maximum Gasteiger partial charge on any atom is 0.329 e. The van der Waals surface area contributed by atoms with Crippen molar-refractivity contribution >= 4 is 22.8 Å². The van der Waals surface area contributed by atoms with Crippen LogP contribution in [0.5, 0.6) is 0 Å². The maximum absolute atomic E-state index is 12.4. The molecule has 2 aromatic rings. The van der Waals surface area contributed by atoms with Crippen LogP contribution in [0, 0.1) is 6.92 Å². The van der Waals surface area contributed by atoms with E-state index in [1.807, 2.05) is 13.0 Å². The molecule has 1 amide bonds. The molecule has 8 heteroatoms. The Kier molecular flexibility index (Phi) is 6.02. The van der Waals surface area contributed by atoms with Crippen molar-refractivity contribution in [1.82, 2.24) is 14.9 Å². The Bertz CT molecular complexity index is 800. The van der Waals surface area contributed by atoms with Crippen molar-refractivity contribution in [3.05, 3.63) is 40.4 Å². The minimum Gasteiger partial charge on any atom is -0.480 e. The van der Waals surface area contributed by atoms with Crippen molar-refractivity contribution in [3.8, 4) is 0 Å². The minimum atomic E-state index is -1.06. The van der Waals surface area contributed by atoms with Gasteiger partial charge in [-0.1, -0.05) is 12.1 Å². The SMILES string of the molecule is Cc1cccc2c(=O)n(CCC(=O)NCCOCC(=O)O)cnc12. The Morgan fingerprint density at radius 3 is 2.92 bits per heavy atom. The van der Waals surface area contributed by atoms with Crippen LogP contribution in [-0.2, 0) is 20.9 Å². The summed E-state index contributed by atoms with van der Waals surface area (Å²) in [5.41, 5.74) is 1.41. The first-order valence-electron chi connectivity index (χ1n) is 7.50. The second-order valence-electron chi connectivity index (χ2n) is 5.26. The summed E-state index contributed by atoms with van der Waals surface area (Å²) in [6.45, 7) is 2.05. The standard InChI is InChI=1S/C16H19N3O5/c1-11-3-2-4-12-15(11)18-10-19(16(12)23)7-5-13(20)17-6-8-24-9-14(21)22/h2-4,10H,5-9H2,1H3,(H,17,20)(H,21,22). The van der Waals surface area contributed by atoms with E-state index < -0.39 is 12.6 Å². The summed E-state index contributed by atoms with van der Waals surface area (Å²) in [5.74, 6) is -1.30. The Balaban J connectivity index is 1.87. The van der Waals surface area contributed by atoms with E-state index in [1.165, 1.54) is 10.9 Å². The number of fused-ring (bicyclic) bond motifs is 1. The molecule has 0 radical (unpaired) electrons. The summed E-state index contributed by atoms with van der Waals surface area (Å²) >= 11 is 0. The number of ether oxygens (including phenoxy) is 1. The largest absolute Gasteiger partial charge is 0.480 e. The van der Waals surface area contributed by atoms with Crippen LogP contribution in [-0.4, -0.2) is 46.3 Å². The molecule has 0 aliphatic rings. The third-order valence-electron chi connectivity index (χ3n) is 3.43. The van der Waals surface area contributed by atoms with E-state index in [1.54, 1.807) is 12.1 Å². The topological polar surface area (TPSA) is 111 Å². The molecule has 0 saturated heterocycles. The zero-order chi connectivity index (χ0) is 17.5. The number of nitrogens with one attached hydrogen (secondary N) is 1. The fourth-order valence-corrected chi connectivity index (χ4v) is 2.23. The average Bonchev–Trinajstić information content (AvgIpc) is 2.54. The van der Waals surface area contributed by atoms with Crippen LogP contribution >= 0.6 is 0 Å². The van der Waals surface area contributed by atoms with Crippen LogP contribution < -0.4 is 10.9 Å². The van der Waals surface area contributed by atoms with Gasteiger partial charge in [-0.2, -0.15) is 0 Å². The third kappa shape index (κ3) is 4.63. The average molecular weight is 333 g/mol. The number of aliphatic carboxylic acids is 1. The fraction of sp³-hybridized carbons (Fsp3) is 0.375. The van der Waals surface area contributed by atoms with Gasteiger partial charge in [0.2, 0.25) is 5.91 Å². The number of rotatable bonds is 8. The summed E-state index contributed by atoms with van der Waals surface area (Å²) in [5, 5.41) is 11.5. The Labute approximate surface area is 138 Å². The fourth-order valence-electron chi connectivity index (χ4n) is 2.23. The molecule has 0 unspecified atom stereocenters.